The Hall–Kier alpha value is -2.40. The Balaban J connectivity index is 2.44. The Morgan fingerprint density at radius 3 is 2.85 bits per heavy atom. The van der Waals surface area contributed by atoms with E-state index in [9.17, 15) is 9.59 Å². The summed E-state index contributed by atoms with van der Waals surface area (Å²) in [5.41, 5.74) is 2.04. The number of amides is 1. The standard InChI is InChI=1S/C14H11ClN2O3/c1-8-7-10(15)14(9-3-2-6-16-13(8)9)17-11(18)4-5-12(19)20/h2-7H,1H3,(H,17,18)(H,19,20)/b5-4+. The molecule has 102 valence electrons. The molecular formula is C14H11ClN2O3. The van der Waals surface area contributed by atoms with Crippen molar-refractivity contribution >= 4 is 40.1 Å². The van der Waals surface area contributed by atoms with Crippen molar-refractivity contribution in [1.82, 2.24) is 4.98 Å². The van der Waals surface area contributed by atoms with E-state index >= 15 is 0 Å². The van der Waals surface area contributed by atoms with Gasteiger partial charge in [0.15, 0.2) is 0 Å². The van der Waals surface area contributed by atoms with E-state index in [0.717, 1.165) is 23.2 Å². The fourth-order valence-corrected chi connectivity index (χ4v) is 2.13. The summed E-state index contributed by atoms with van der Waals surface area (Å²) in [4.78, 5) is 26.3. The summed E-state index contributed by atoms with van der Waals surface area (Å²) in [6, 6.07) is 5.23. The lowest BCUT2D eigenvalue weighted by atomic mass is 10.1. The molecule has 0 radical (unpaired) electrons. The summed E-state index contributed by atoms with van der Waals surface area (Å²) in [6.45, 7) is 1.87. The van der Waals surface area contributed by atoms with E-state index in [1.165, 1.54) is 0 Å². The molecule has 0 saturated heterocycles. The minimum absolute atomic E-state index is 0.375. The largest absolute Gasteiger partial charge is 0.478 e. The summed E-state index contributed by atoms with van der Waals surface area (Å²) < 4.78 is 0. The van der Waals surface area contributed by atoms with E-state index in [0.29, 0.717) is 16.1 Å². The molecule has 2 aromatic rings. The van der Waals surface area contributed by atoms with Gasteiger partial charge in [-0.15, -0.1) is 0 Å². The number of fused-ring (bicyclic) bond motifs is 1. The molecule has 0 aliphatic heterocycles. The number of anilines is 1. The van der Waals surface area contributed by atoms with E-state index < -0.39 is 11.9 Å². The second-order valence-corrected chi connectivity index (χ2v) is 4.52. The normalized spacial score (nSPS) is 10.9. The van der Waals surface area contributed by atoms with Crippen molar-refractivity contribution < 1.29 is 14.7 Å². The summed E-state index contributed by atoms with van der Waals surface area (Å²) in [5.74, 6) is -1.76. The van der Waals surface area contributed by atoms with Crippen LogP contribution >= 0.6 is 11.6 Å². The first-order valence-corrected chi connectivity index (χ1v) is 6.12. The molecule has 2 rings (SSSR count). The predicted molar refractivity (Wildman–Crippen MR) is 76.9 cm³/mol. The molecule has 2 N–H and O–H groups in total. The molecule has 1 aromatic heterocycles. The number of nitrogens with one attached hydrogen (secondary N) is 1. The van der Waals surface area contributed by atoms with Gasteiger partial charge in [-0.2, -0.15) is 0 Å². The monoisotopic (exact) mass is 290 g/mol. The average molecular weight is 291 g/mol. The number of hydrogen-bond acceptors (Lipinski definition) is 3. The van der Waals surface area contributed by atoms with Crippen LogP contribution in [0.4, 0.5) is 5.69 Å². The number of carboxylic acids is 1. The van der Waals surface area contributed by atoms with Crippen LogP contribution in [0.2, 0.25) is 5.02 Å². The van der Waals surface area contributed by atoms with Gasteiger partial charge in [0.2, 0.25) is 5.91 Å². The summed E-state index contributed by atoms with van der Waals surface area (Å²) in [7, 11) is 0. The minimum Gasteiger partial charge on any atom is -0.478 e. The molecule has 0 unspecified atom stereocenters. The SMILES string of the molecule is Cc1cc(Cl)c(NC(=O)/C=C/C(=O)O)c2cccnc12. The van der Waals surface area contributed by atoms with Gasteiger partial charge in [-0.3, -0.25) is 9.78 Å². The quantitative estimate of drug-likeness (QED) is 0.852. The maximum atomic E-state index is 11.7. The number of aliphatic carboxylic acids is 1. The molecule has 20 heavy (non-hydrogen) atoms. The number of rotatable bonds is 3. The Morgan fingerprint density at radius 1 is 1.40 bits per heavy atom. The second-order valence-electron chi connectivity index (χ2n) is 4.11. The fraction of sp³-hybridized carbons (Fsp3) is 0.0714. The van der Waals surface area contributed by atoms with Gasteiger partial charge in [-0.05, 0) is 30.7 Å². The zero-order valence-electron chi connectivity index (χ0n) is 10.6. The second kappa shape index (κ2) is 5.71. The highest BCUT2D eigenvalue weighted by Crippen LogP contribution is 2.32. The van der Waals surface area contributed by atoms with Crippen LogP contribution in [0.1, 0.15) is 5.56 Å². The van der Waals surface area contributed by atoms with Crippen LogP contribution in [-0.4, -0.2) is 22.0 Å². The molecule has 0 bridgehead atoms. The topological polar surface area (TPSA) is 79.3 Å². The van der Waals surface area contributed by atoms with Gasteiger partial charge in [0.1, 0.15) is 0 Å². The lowest BCUT2D eigenvalue weighted by Gasteiger charge is -2.11. The van der Waals surface area contributed by atoms with Gasteiger partial charge >= 0.3 is 5.97 Å². The van der Waals surface area contributed by atoms with Gasteiger partial charge in [-0.25, -0.2) is 4.79 Å². The predicted octanol–water partition coefficient (Wildman–Crippen LogP) is 2.78. The number of hydrogen-bond donors (Lipinski definition) is 2. The first kappa shape index (κ1) is 14.0. The van der Waals surface area contributed by atoms with Crippen LogP contribution in [0, 0.1) is 6.92 Å². The van der Waals surface area contributed by atoms with Crippen molar-refractivity contribution in [2.24, 2.45) is 0 Å². The van der Waals surface area contributed by atoms with Crippen molar-refractivity contribution in [3.63, 3.8) is 0 Å². The van der Waals surface area contributed by atoms with E-state index in [1.807, 2.05) is 6.92 Å². The third-order valence-corrected chi connectivity index (χ3v) is 2.96. The first-order valence-electron chi connectivity index (χ1n) is 5.75. The van der Waals surface area contributed by atoms with Crippen molar-refractivity contribution in [1.29, 1.82) is 0 Å². The third-order valence-electron chi connectivity index (χ3n) is 2.66. The molecule has 1 aromatic carbocycles. The Kier molecular flexibility index (Phi) is 4.00. The van der Waals surface area contributed by atoms with E-state index in [2.05, 4.69) is 10.3 Å². The Labute approximate surface area is 119 Å². The highest BCUT2D eigenvalue weighted by atomic mass is 35.5. The Bertz CT molecular complexity index is 726. The van der Waals surface area contributed by atoms with E-state index in [-0.39, 0.29) is 0 Å². The highest BCUT2D eigenvalue weighted by Gasteiger charge is 2.11. The van der Waals surface area contributed by atoms with Gasteiger partial charge in [0.05, 0.1) is 16.2 Å². The maximum Gasteiger partial charge on any atom is 0.328 e. The molecule has 0 saturated carbocycles. The number of benzene rings is 1. The zero-order valence-corrected chi connectivity index (χ0v) is 11.3. The van der Waals surface area contributed by atoms with Crippen molar-refractivity contribution in [2.75, 3.05) is 5.32 Å². The number of carbonyl (C=O) groups is 2. The van der Waals surface area contributed by atoms with Crippen molar-refractivity contribution in [2.45, 2.75) is 6.92 Å². The molecular weight excluding hydrogens is 280 g/mol. The number of nitrogens with zero attached hydrogens (tertiary/aromatic N) is 1. The highest BCUT2D eigenvalue weighted by molar-refractivity contribution is 6.36. The molecule has 0 fully saturated rings. The van der Waals surface area contributed by atoms with Crippen molar-refractivity contribution in [3.8, 4) is 0 Å². The number of aryl methyl sites for hydroxylation is 1. The van der Waals surface area contributed by atoms with E-state index in [1.54, 1.807) is 24.4 Å². The summed E-state index contributed by atoms with van der Waals surface area (Å²) in [5, 5.41) is 12.1. The number of carboxylic acid groups (broad SMARTS) is 1. The van der Waals surface area contributed by atoms with Gasteiger partial charge in [-0.1, -0.05) is 11.6 Å². The van der Waals surface area contributed by atoms with Gasteiger partial charge in [0, 0.05) is 23.7 Å². The van der Waals surface area contributed by atoms with Crippen LogP contribution in [0.3, 0.4) is 0 Å². The number of halogens is 1. The maximum absolute atomic E-state index is 11.7. The molecule has 6 heteroatoms. The van der Waals surface area contributed by atoms with Crippen LogP contribution in [0.25, 0.3) is 10.9 Å². The van der Waals surface area contributed by atoms with Crippen LogP contribution in [0.5, 0.6) is 0 Å². The molecule has 0 atom stereocenters. The van der Waals surface area contributed by atoms with Crippen molar-refractivity contribution in [3.05, 3.63) is 47.1 Å². The third kappa shape index (κ3) is 2.95. The first-order chi connectivity index (χ1) is 9.49. The van der Waals surface area contributed by atoms with Crippen LogP contribution in [-0.2, 0) is 9.59 Å². The summed E-state index contributed by atoms with van der Waals surface area (Å²) in [6.07, 6.45) is 3.34. The zero-order chi connectivity index (χ0) is 14.7. The molecule has 0 spiro atoms. The molecule has 0 aliphatic rings. The molecule has 0 aliphatic carbocycles. The minimum atomic E-state index is -1.19. The lowest BCUT2D eigenvalue weighted by Crippen LogP contribution is -2.10. The smallest absolute Gasteiger partial charge is 0.328 e. The number of pyridine rings is 1. The van der Waals surface area contributed by atoms with E-state index in [4.69, 9.17) is 16.7 Å². The van der Waals surface area contributed by atoms with Gasteiger partial charge in [0.25, 0.3) is 0 Å². The van der Waals surface area contributed by atoms with Gasteiger partial charge < -0.3 is 10.4 Å². The average Bonchev–Trinajstić information content (AvgIpc) is 2.41. The number of carbonyl (C=O) groups excluding carboxylic acids is 1. The molecule has 1 heterocycles. The van der Waals surface area contributed by atoms with Crippen LogP contribution in [0.15, 0.2) is 36.5 Å². The summed E-state index contributed by atoms with van der Waals surface area (Å²) >= 11 is 6.13. The lowest BCUT2D eigenvalue weighted by molar-refractivity contribution is -0.131. The number of aromatic nitrogens is 1. The molecule has 5 nitrogen and oxygen atoms in total. The molecule has 1 amide bonds. The Morgan fingerprint density at radius 2 is 2.15 bits per heavy atom. The fourth-order valence-electron chi connectivity index (χ4n) is 1.82. The van der Waals surface area contributed by atoms with Crippen LogP contribution < -0.4 is 5.32 Å².